The number of rotatable bonds is 13. The summed E-state index contributed by atoms with van der Waals surface area (Å²) in [5, 5.41) is 3.23. The zero-order valence-corrected chi connectivity index (χ0v) is 14.4. The van der Waals surface area contributed by atoms with Crippen LogP contribution in [0.25, 0.3) is 0 Å². The molecule has 0 aliphatic heterocycles. The second kappa shape index (κ2) is 12.0. The molecule has 0 aromatic rings. The Hall–Kier alpha value is -0.650. The van der Waals surface area contributed by atoms with Gasteiger partial charge in [0.25, 0.3) is 0 Å². The maximum atomic E-state index is 12.0. The molecule has 0 amide bonds. The van der Waals surface area contributed by atoms with Gasteiger partial charge >= 0.3 is 5.97 Å². The molecular weight excluding hydrogens is 270 g/mol. The van der Waals surface area contributed by atoms with Gasteiger partial charge in [-0.1, -0.05) is 6.92 Å². The van der Waals surface area contributed by atoms with Crippen molar-refractivity contribution in [3.63, 3.8) is 0 Å². The molecular formula is C16H33NO4. The van der Waals surface area contributed by atoms with Crippen LogP contribution in [-0.2, 0) is 19.0 Å². The number of carbonyl (C=O) groups is 1. The van der Waals surface area contributed by atoms with Crippen molar-refractivity contribution < 1.29 is 19.0 Å². The minimum absolute atomic E-state index is 0.168. The van der Waals surface area contributed by atoms with Crippen molar-refractivity contribution in [3.05, 3.63) is 0 Å². The van der Waals surface area contributed by atoms with Crippen LogP contribution < -0.4 is 5.32 Å². The molecule has 1 unspecified atom stereocenters. The third-order valence-corrected chi connectivity index (χ3v) is 3.19. The molecule has 5 heteroatoms. The highest BCUT2D eigenvalue weighted by Crippen LogP contribution is 2.16. The molecule has 0 heterocycles. The minimum Gasteiger partial charge on any atom is -0.465 e. The lowest BCUT2D eigenvalue weighted by Gasteiger charge is -2.28. The number of likely N-dealkylation sites (N-methyl/N-ethyl adjacent to an activating group) is 1. The van der Waals surface area contributed by atoms with Gasteiger partial charge in [0, 0.05) is 6.61 Å². The van der Waals surface area contributed by atoms with Crippen molar-refractivity contribution in [1.29, 1.82) is 0 Å². The van der Waals surface area contributed by atoms with E-state index in [0.717, 1.165) is 25.8 Å². The van der Waals surface area contributed by atoms with Crippen LogP contribution in [0.1, 0.15) is 53.9 Å². The summed E-state index contributed by atoms with van der Waals surface area (Å²) in [5.74, 6) is -0.168. The standard InChI is InChI=1S/C16H33NO4/c1-6-17-16(5,15(18)20-7-2)10-8-9-11-19-12-13-21-14(3)4/h14,17H,6-13H2,1-5H3. The quantitative estimate of drug-likeness (QED) is 0.418. The Balaban J connectivity index is 3.81. The highest BCUT2D eigenvalue weighted by atomic mass is 16.5. The van der Waals surface area contributed by atoms with Crippen LogP contribution in [0.3, 0.4) is 0 Å². The van der Waals surface area contributed by atoms with E-state index in [1.54, 1.807) is 0 Å². The lowest BCUT2D eigenvalue weighted by atomic mass is 9.95. The molecule has 0 spiro atoms. The average molecular weight is 303 g/mol. The first-order valence-electron chi connectivity index (χ1n) is 8.07. The molecule has 126 valence electrons. The third-order valence-electron chi connectivity index (χ3n) is 3.19. The Labute approximate surface area is 129 Å². The van der Waals surface area contributed by atoms with E-state index in [2.05, 4.69) is 5.32 Å². The average Bonchev–Trinajstić information content (AvgIpc) is 2.42. The van der Waals surface area contributed by atoms with Gasteiger partial charge in [0.1, 0.15) is 5.54 Å². The van der Waals surface area contributed by atoms with Gasteiger partial charge in [-0.3, -0.25) is 4.79 Å². The maximum absolute atomic E-state index is 12.0. The summed E-state index contributed by atoms with van der Waals surface area (Å²) in [6.07, 6.45) is 2.86. The van der Waals surface area contributed by atoms with Crippen molar-refractivity contribution in [2.45, 2.75) is 65.5 Å². The summed E-state index contributed by atoms with van der Waals surface area (Å²) in [6, 6.07) is 0. The van der Waals surface area contributed by atoms with E-state index in [9.17, 15) is 4.79 Å². The summed E-state index contributed by atoms with van der Waals surface area (Å²) < 4.78 is 16.0. The topological polar surface area (TPSA) is 56.8 Å². The molecule has 0 aromatic heterocycles. The molecule has 0 aliphatic carbocycles. The molecule has 0 saturated carbocycles. The lowest BCUT2D eigenvalue weighted by molar-refractivity contribution is -0.150. The van der Waals surface area contributed by atoms with E-state index < -0.39 is 5.54 Å². The number of esters is 1. The van der Waals surface area contributed by atoms with Crippen LogP contribution >= 0.6 is 0 Å². The summed E-state index contributed by atoms with van der Waals surface area (Å²) in [5.41, 5.74) is -0.592. The number of ether oxygens (including phenoxy) is 3. The molecule has 5 nitrogen and oxygen atoms in total. The van der Waals surface area contributed by atoms with Crippen molar-refractivity contribution in [3.8, 4) is 0 Å². The predicted molar refractivity (Wildman–Crippen MR) is 84.5 cm³/mol. The van der Waals surface area contributed by atoms with E-state index in [0.29, 0.717) is 26.4 Å². The number of hydrogen-bond acceptors (Lipinski definition) is 5. The first-order valence-corrected chi connectivity index (χ1v) is 8.07. The van der Waals surface area contributed by atoms with Gasteiger partial charge in [-0.25, -0.2) is 0 Å². The van der Waals surface area contributed by atoms with Crippen LogP contribution in [0.4, 0.5) is 0 Å². The second-order valence-electron chi connectivity index (χ2n) is 5.57. The molecule has 0 rings (SSSR count). The van der Waals surface area contributed by atoms with E-state index in [4.69, 9.17) is 14.2 Å². The van der Waals surface area contributed by atoms with E-state index in [1.807, 2.05) is 34.6 Å². The van der Waals surface area contributed by atoms with Crippen LogP contribution in [0.5, 0.6) is 0 Å². The lowest BCUT2D eigenvalue weighted by Crippen LogP contribution is -2.50. The molecule has 1 N–H and O–H groups in total. The zero-order chi connectivity index (χ0) is 16.1. The highest BCUT2D eigenvalue weighted by Gasteiger charge is 2.32. The molecule has 0 fully saturated rings. The molecule has 0 saturated heterocycles. The summed E-state index contributed by atoms with van der Waals surface area (Å²) in [4.78, 5) is 12.0. The maximum Gasteiger partial charge on any atom is 0.326 e. The van der Waals surface area contributed by atoms with E-state index in [-0.39, 0.29) is 12.1 Å². The fourth-order valence-corrected chi connectivity index (χ4v) is 2.07. The van der Waals surface area contributed by atoms with Crippen LogP contribution in [-0.4, -0.2) is 50.6 Å². The monoisotopic (exact) mass is 303 g/mol. The predicted octanol–water partition coefficient (Wildman–Crippen LogP) is 2.53. The Morgan fingerprint density at radius 2 is 1.86 bits per heavy atom. The van der Waals surface area contributed by atoms with Crippen LogP contribution in [0, 0.1) is 0 Å². The summed E-state index contributed by atoms with van der Waals surface area (Å²) >= 11 is 0. The first-order chi connectivity index (χ1) is 9.96. The minimum atomic E-state index is -0.592. The van der Waals surface area contributed by atoms with Crippen molar-refractivity contribution in [2.75, 3.05) is 33.0 Å². The van der Waals surface area contributed by atoms with Gasteiger partial charge in [-0.05, 0) is 53.5 Å². The highest BCUT2D eigenvalue weighted by molar-refractivity contribution is 5.80. The van der Waals surface area contributed by atoms with Gasteiger partial charge in [0.2, 0.25) is 0 Å². The SMILES string of the molecule is CCNC(C)(CCCCOCCOC(C)C)C(=O)OCC. The molecule has 0 bridgehead atoms. The number of unbranched alkanes of at least 4 members (excludes halogenated alkanes) is 1. The van der Waals surface area contributed by atoms with Gasteiger partial charge in [0.15, 0.2) is 0 Å². The zero-order valence-electron chi connectivity index (χ0n) is 14.4. The van der Waals surface area contributed by atoms with Crippen LogP contribution in [0.15, 0.2) is 0 Å². The Morgan fingerprint density at radius 3 is 2.43 bits per heavy atom. The molecule has 21 heavy (non-hydrogen) atoms. The Kier molecular flexibility index (Phi) is 11.6. The number of hydrogen-bond donors (Lipinski definition) is 1. The molecule has 0 aliphatic rings. The van der Waals surface area contributed by atoms with Crippen LogP contribution in [0.2, 0.25) is 0 Å². The van der Waals surface area contributed by atoms with Gasteiger partial charge in [-0.2, -0.15) is 0 Å². The second-order valence-corrected chi connectivity index (χ2v) is 5.57. The molecule has 0 radical (unpaired) electrons. The fourth-order valence-electron chi connectivity index (χ4n) is 2.07. The van der Waals surface area contributed by atoms with Crippen molar-refractivity contribution >= 4 is 5.97 Å². The number of nitrogens with one attached hydrogen (secondary N) is 1. The summed E-state index contributed by atoms with van der Waals surface area (Å²) in [7, 11) is 0. The van der Waals surface area contributed by atoms with Crippen molar-refractivity contribution in [2.24, 2.45) is 0 Å². The third kappa shape index (κ3) is 9.82. The molecule has 1 atom stereocenters. The van der Waals surface area contributed by atoms with E-state index >= 15 is 0 Å². The van der Waals surface area contributed by atoms with Crippen molar-refractivity contribution in [1.82, 2.24) is 5.32 Å². The Bertz CT molecular complexity index is 271. The Morgan fingerprint density at radius 1 is 1.14 bits per heavy atom. The van der Waals surface area contributed by atoms with Gasteiger partial charge < -0.3 is 19.5 Å². The van der Waals surface area contributed by atoms with Gasteiger partial charge in [-0.15, -0.1) is 0 Å². The van der Waals surface area contributed by atoms with E-state index in [1.165, 1.54) is 0 Å². The van der Waals surface area contributed by atoms with Gasteiger partial charge in [0.05, 0.1) is 25.9 Å². The number of carbonyl (C=O) groups excluding carboxylic acids is 1. The largest absolute Gasteiger partial charge is 0.465 e. The normalized spacial score (nSPS) is 14.2. The fraction of sp³-hybridized carbons (Fsp3) is 0.938. The summed E-state index contributed by atoms with van der Waals surface area (Å²) in [6.45, 7) is 12.9. The first kappa shape index (κ1) is 20.3. The smallest absolute Gasteiger partial charge is 0.326 e. The molecule has 0 aromatic carbocycles.